The largest absolute Gasteiger partial charge is 0.493 e. The number of aromatic nitrogens is 4. The van der Waals surface area contributed by atoms with Crippen LogP contribution in [0, 0.1) is 0 Å². The molecule has 0 aliphatic rings. The van der Waals surface area contributed by atoms with E-state index in [0.29, 0.717) is 34.6 Å². The summed E-state index contributed by atoms with van der Waals surface area (Å²) in [5.74, 6) is 3.87. The van der Waals surface area contributed by atoms with Crippen molar-refractivity contribution in [3.8, 4) is 90.8 Å². The van der Waals surface area contributed by atoms with Gasteiger partial charge >= 0.3 is 0 Å². The van der Waals surface area contributed by atoms with Crippen LogP contribution in [0.1, 0.15) is 0 Å². The number of nitrogens with zero attached hydrogens (tertiary/aromatic N) is 2. The highest BCUT2D eigenvalue weighted by Crippen LogP contribution is 2.42. The molecule has 0 aliphatic heterocycles. The van der Waals surface area contributed by atoms with Gasteiger partial charge in [0.25, 0.3) is 0 Å². The minimum absolute atomic E-state index is 0.616. The standard InChI is InChI=1S/C40H34N4O4/c1-45-31-19-11-17-29(37(31)47-3)39-41-33(25-13-7-5-8-14-25)35(43-39)27-21-23-28(24-22-27)36-34(26-15-9-6-10-16-26)42-40(44-36)30-18-12-20-32(46-2)38(30)48-4/h5-24H,1-4H3,(H,41,43)(H,42,44). The molecule has 0 bridgehead atoms. The van der Waals surface area contributed by atoms with Crippen LogP contribution in [0.2, 0.25) is 0 Å². The van der Waals surface area contributed by atoms with Gasteiger partial charge in [-0.05, 0) is 24.3 Å². The monoisotopic (exact) mass is 634 g/mol. The lowest BCUT2D eigenvalue weighted by molar-refractivity contribution is 0.356. The summed E-state index contributed by atoms with van der Waals surface area (Å²) in [4.78, 5) is 17.4. The zero-order valence-corrected chi connectivity index (χ0v) is 27.1. The second-order valence-electron chi connectivity index (χ2n) is 11.0. The van der Waals surface area contributed by atoms with Gasteiger partial charge in [-0.3, -0.25) is 0 Å². The molecule has 0 fully saturated rings. The first kappa shape index (κ1) is 30.4. The van der Waals surface area contributed by atoms with Gasteiger partial charge in [0.1, 0.15) is 11.6 Å². The fraction of sp³-hybridized carbons (Fsp3) is 0.100. The molecule has 0 saturated heterocycles. The number of hydrogen-bond donors (Lipinski definition) is 2. The average molecular weight is 635 g/mol. The van der Waals surface area contributed by atoms with Gasteiger partial charge < -0.3 is 28.9 Å². The van der Waals surface area contributed by atoms with Crippen LogP contribution in [0.3, 0.4) is 0 Å². The Kier molecular flexibility index (Phi) is 8.36. The first-order chi connectivity index (χ1) is 23.6. The summed E-state index contributed by atoms with van der Waals surface area (Å²) in [5.41, 5.74) is 9.01. The molecule has 0 amide bonds. The van der Waals surface area contributed by atoms with E-state index in [1.54, 1.807) is 28.4 Å². The number of para-hydroxylation sites is 2. The maximum atomic E-state index is 5.75. The molecule has 0 aliphatic carbocycles. The number of imidazole rings is 2. The van der Waals surface area contributed by atoms with Crippen molar-refractivity contribution >= 4 is 0 Å². The van der Waals surface area contributed by atoms with Crippen molar-refractivity contribution in [2.75, 3.05) is 28.4 Å². The first-order valence-corrected chi connectivity index (χ1v) is 15.5. The van der Waals surface area contributed by atoms with Gasteiger partial charge in [0.2, 0.25) is 0 Å². The molecule has 8 nitrogen and oxygen atoms in total. The van der Waals surface area contributed by atoms with Crippen LogP contribution in [-0.4, -0.2) is 48.4 Å². The third kappa shape index (κ3) is 5.54. The Morgan fingerprint density at radius 3 is 1.15 bits per heavy atom. The SMILES string of the molecule is COc1cccc(-c2nc(-c3ccc(-c4nc(-c5cccc(OC)c5OC)[nH]c4-c4ccccc4)cc3)c(-c3ccccc3)[nH]2)c1OC. The molecule has 5 aromatic carbocycles. The van der Waals surface area contributed by atoms with Gasteiger partial charge in [-0.2, -0.15) is 0 Å². The molecule has 2 aromatic heterocycles. The molecule has 0 saturated carbocycles. The Hall–Kier alpha value is -6.28. The van der Waals surface area contributed by atoms with Crippen LogP contribution in [0.15, 0.2) is 121 Å². The molecular formula is C40H34N4O4. The summed E-state index contributed by atoms with van der Waals surface area (Å²) in [5, 5.41) is 0. The molecule has 48 heavy (non-hydrogen) atoms. The number of H-pyrrole nitrogens is 2. The van der Waals surface area contributed by atoms with Crippen molar-refractivity contribution in [2.24, 2.45) is 0 Å². The van der Waals surface area contributed by atoms with E-state index in [2.05, 4.69) is 58.5 Å². The van der Waals surface area contributed by atoms with Gasteiger partial charge in [0.05, 0.1) is 62.3 Å². The molecule has 2 N–H and O–H groups in total. The van der Waals surface area contributed by atoms with Crippen molar-refractivity contribution in [1.29, 1.82) is 0 Å². The fourth-order valence-corrected chi connectivity index (χ4v) is 5.98. The summed E-state index contributed by atoms with van der Waals surface area (Å²) in [7, 11) is 6.53. The third-order valence-electron chi connectivity index (χ3n) is 8.28. The number of hydrogen-bond acceptors (Lipinski definition) is 6. The summed E-state index contributed by atoms with van der Waals surface area (Å²) < 4.78 is 22.6. The van der Waals surface area contributed by atoms with Crippen LogP contribution >= 0.6 is 0 Å². The number of methoxy groups -OCH3 is 4. The molecule has 8 heteroatoms. The van der Waals surface area contributed by atoms with Gasteiger partial charge in [0.15, 0.2) is 23.0 Å². The zero-order valence-electron chi connectivity index (χ0n) is 27.1. The Balaban J connectivity index is 1.34. The fourth-order valence-electron chi connectivity index (χ4n) is 5.98. The normalized spacial score (nSPS) is 10.9. The summed E-state index contributed by atoms with van der Waals surface area (Å²) in [6, 6.07) is 40.3. The van der Waals surface area contributed by atoms with E-state index in [1.165, 1.54) is 0 Å². The highest BCUT2D eigenvalue weighted by atomic mass is 16.5. The quantitative estimate of drug-likeness (QED) is 0.156. The predicted molar refractivity (Wildman–Crippen MR) is 190 cm³/mol. The van der Waals surface area contributed by atoms with E-state index < -0.39 is 0 Å². The van der Waals surface area contributed by atoms with E-state index >= 15 is 0 Å². The van der Waals surface area contributed by atoms with Gasteiger partial charge in [0, 0.05) is 22.3 Å². The van der Waals surface area contributed by atoms with Gasteiger partial charge in [-0.1, -0.05) is 97.1 Å². The number of nitrogens with one attached hydrogen (secondary N) is 2. The predicted octanol–water partition coefficient (Wildman–Crippen LogP) is 9.17. The van der Waals surface area contributed by atoms with Crippen molar-refractivity contribution < 1.29 is 18.9 Å². The summed E-state index contributed by atoms with van der Waals surface area (Å²) in [6.07, 6.45) is 0. The van der Waals surface area contributed by atoms with E-state index in [4.69, 9.17) is 28.9 Å². The average Bonchev–Trinajstić information content (AvgIpc) is 3.81. The molecule has 0 unspecified atom stereocenters. The number of aromatic amines is 2. The maximum absolute atomic E-state index is 5.75. The van der Waals surface area contributed by atoms with Crippen molar-refractivity contribution in [2.45, 2.75) is 0 Å². The lowest BCUT2D eigenvalue weighted by atomic mass is 10.0. The number of rotatable bonds is 10. The van der Waals surface area contributed by atoms with Gasteiger partial charge in [-0.15, -0.1) is 0 Å². The van der Waals surface area contributed by atoms with Crippen LogP contribution in [-0.2, 0) is 0 Å². The molecule has 2 heterocycles. The third-order valence-corrected chi connectivity index (χ3v) is 8.28. The highest BCUT2D eigenvalue weighted by molar-refractivity contribution is 5.86. The van der Waals surface area contributed by atoms with Crippen molar-refractivity contribution in [3.63, 3.8) is 0 Å². The van der Waals surface area contributed by atoms with E-state index in [0.717, 1.165) is 56.2 Å². The maximum Gasteiger partial charge on any atom is 0.171 e. The lowest BCUT2D eigenvalue weighted by Gasteiger charge is -2.10. The molecule has 7 aromatic rings. The number of ether oxygens (including phenoxy) is 4. The molecule has 7 rings (SSSR count). The number of benzene rings is 5. The molecular weight excluding hydrogens is 600 g/mol. The molecule has 0 spiro atoms. The highest BCUT2D eigenvalue weighted by Gasteiger charge is 2.22. The first-order valence-electron chi connectivity index (χ1n) is 15.5. The minimum Gasteiger partial charge on any atom is -0.493 e. The van der Waals surface area contributed by atoms with Crippen molar-refractivity contribution in [1.82, 2.24) is 19.9 Å². The van der Waals surface area contributed by atoms with Crippen molar-refractivity contribution in [3.05, 3.63) is 121 Å². The van der Waals surface area contributed by atoms with Crippen LogP contribution in [0.5, 0.6) is 23.0 Å². The second kappa shape index (κ2) is 13.2. The molecule has 0 atom stereocenters. The smallest absolute Gasteiger partial charge is 0.171 e. The Bertz CT molecular complexity index is 2020. The van der Waals surface area contributed by atoms with Crippen LogP contribution < -0.4 is 18.9 Å². The van der Waals surface area contributed by atoms with Crippen LogP contribution in [0.25, 0.3) is 67.8 Å². The topological polar surface area (TPSA) is 94.3 Å². The van der Waals surface area contributed by atoms with Crippen LogP contribution in [0.4, 0.5) is 0 Å². The summed E-state index contributed by atoms with van der Waals surface area (Å²) in [6.45, 7) is 0. The zero-order chi connectivity index (χ0) is 33.0. The Labute approximate surface area is 279 Å². The molecule has 238 valence electrons. The minimum atomic E-state index is 0.616. The van der Waals surface area contributed by atoms with Gasteiger partial charge in [-0.25, -0.2) is 9.97 Å². The van der Waals surface area contributed by atoms with E-state index in [9.17, 15) is 0 Å². The molecule has 0 radical (unpaired) electrons. The Morgan fingerprint density at radius 2 is 0.792 bits per heavy atom. The van der Waals surface area contributed by atoms with E-state index in [1.807, 2.05) is 72.8 Å². The van der Waals surface area contributed by atoms with E-state index in [-0.39, 0.29) is 0 Å². The summed E-state index contributed by atoms with van der Waals surface area (Å²) >= 11 is 0. The Morgan fingerprint density at radius 1 is 0.396 bits per heavy atom. The second-order valence-corrected chi connectivity index (χ2v) is 11.0. The lowest BCUT2D eigenvalue weighted by Crippen LogP contribution is -1.94.